The molecule has 5 nitrogen and oxygen atoms in total. The van der Waals surface area contributed by atoms with E-state index in [2.05, 4.69) is 10.6 Å². The average molecular weight is 285 g/mol. The molecule has 0 radical (unpaired) electrons. The van der Waals surface area contributed by atoms with Gasteiger partial charge in [-0.15, -0.1) is 0 Å². The molecule has 2 amide bonds. The Morgan fingerprint density at radius 2 is 1.84 bits per heavy atom. The van der Waals surface area contributed by atoms with Crippen LogP contribution in [-0.4, -0.2) is 20.3 Å². The first kappa shape index (κ1) is 15.2. The number of amides is 2. The van der Waals surface area contributed by atoms with E-state index in [1.165, 1.54) is 14.2 Å². The Bertz CT molecular complexity index is 497. The second-order valence-corrected chi connectivity index (χ2v) is 4.41. The van der Waals surface area contributed by atoms with Crippen LogP contribution < -0.4 is 20.1 Å². The number of carbonyl (C=O) groups excluding carboxylic acids is 1. The van der Waals surface area contributed by atoms with Gasteiger partial charge in [-0.1, -0.05) is 17.2 Å². The van der Waals surface area contributed by atoms with Crippen LogP contribution in [0, 0.1) is 0 Å². The van der Waals surface area contributed by atoms with Gasteiger partial charge in [0.1, 0.15) is 11.5 Å². The highest BCUT2D eigenvalue weighted by Crippen LogP contribution is 2.35. The number of rotatable bonds is 4. The van der Waals surface area contributed by atoms with Crippen molar-refractivity contribution >= 4 is 23.3 Å². The molecule has 6 heteroatoms. The molecule has 0 saturated heterocycles. The van der Waals surface area contributed by atoms with Gasteiger partial charge >= 0.3 is 6.03 Å². The first-order valence-electron chi connectivity index (χ1n) is 5.60. The van der Waals surface area contributed by atoms with Gasteiger partial charge in [0.25, 0.3) is 0 Å². The Morgan fingerprint density at radius 1 is 1.21 bits per heavy atom. The van der Waals surface area contributed by atoms with E-state index in [1.807, 2.05) is 13.8 Å². The van der Waals surface area contributed by atoms with Crippen molar-refractivity contribution in [1.82, 2.24) is 5.32 Å². The molecule has 2 N–H and O–H groups in total. The number of allylic oxidation sites excluding steroid dienone is 1. The topological polar surface area (TPSA) is 59.6 Å². The van der Waals surface area contributed by atoms with E-state index in [4.69, 9.17) is 21.1 Å². The summed E-state index contributed by atoms with van der Waals surface area (Å²) < 4.78 is 10.2. The number of benzene rings is 1. The Labute approximate surface area is 117 Å². The van der Waals surface area contributed by atoms with E-state index in [0.29, 0.717) is 22.2 Å². The zero-order valence-electron chi connectivity index (χ0n) is 11.3. The maximum Gasteiger partial charge on any atom is 0.323 e. The van der Waals surface area contributed by atoms with Crippen LogP contribution >= 0.6 is 11.6 Å². The first-order valence-corrected chi connectivity index (χ1v) is 5.98. The fourth-order valence-corrected chi connectivity index (χ4v) is 1.56. The molecule has 0 atom stereocenters. The quantitative estimate of drug-likeness (QED) is 0.891. The van der Waals surface area contributed by atoms with Gasteiger partial charge in [-0.05, 0) is 13.8 Å². The summed E-state index contributed by atoms with van der Waals surface area (Å²) in [6, 6.07) is 2.81. The van der Waals surface area contributed by atoms with Crippen molar-refractivity contribution < 1.29 is 14.3 Å². The van der Waals surface area contributed by atoms with Crippen LogP contribution in [0.2, 0.25) is 5.02 Å². The number of methoxy groups -OCH3 is 2. The standard InChI is InChI=1S/C13H17ClN2O3/c1-8(2)7-15-13(17)16-10-6-11(18-3)9(14)5-12(10)19-4/h5-7H,1-4H3,(H2,15,16,17). The van der Waals surface area contributed by atoms with Gasteiger partial charge in [-0.3, -0.25) is 0 Å². The van der Waals surface area contributed by atoms with Crippen molar-refractivity contribution in [2.45, 2.75) is 13.8 Å². The molecule has 104 valence electrons. The fraction of sp³-hybridized carbons (Fsp3) is 0.308. The molecule has 0 unspecified atom stereocenters. The van der Waals surface area contributed by atoms with Gasteiger partial charge in [-0.25, -0.2) is 4.79 Å². The van der Waals surface area contributed by atoms with Crippen molar-refractivity contribution in [3.8, 4) is 11.5 Å². The number of halogens is 1. The number of nitrogens with one attached hydrogen (secondary N) is 2. The largest absolute Gasteiger partial charge is 0.495 e. The van der Waals surface area contributed by atoms with Gasteiger partial charge in [0.05, 0.1) is 24.9 Å². The minimum atomic E-state index is -0.371. The number of hydrogen-bond donors (Lipinski definition) is 2. The Hall–Kier alpha value is -1.88. The van der Waals surface area contributed by atoms with Crippen LogP contribution in [-0.2, 0) is 0 Å². The van der Waals surface area contributed by atoms with Crippen molar-refractivity contribution in [2.24, 2.45) is 0 Å². The molecule has 0 aromatic heterocycles. The third-order valence-electron chi connectivity index (χ3n) is 2.21. The molecule has 0 aliphatic rings. The number of anilines is 1. The predicted octanol–water partition coefficient (Wildman–Crippen LogP) is 3.40. The van der Waals surface area contributed by atoms with E-state index in [-0.39, 0.29) is 6.03 Å². The lowest BCUT2D eigenvalue weighted by Crippen LogP contribution is -2.24. The van der Waals surface area contributed by atoms with E-state index in [0.717, 1.165) is 5.57 Å². The van der Waals surface area contributed by atoms with Crippen LogP contribution in [0.4, 0.5) is 10.5 Å². The smallest absolute Gasteiger partial charge is 0.323 e. The highest BCUT2D eigenvalue weighted by molar-refractivity contribution is 6.32. The summed E-state index contributed by atoms with van der Waals surface area (Å²) in [6.07, 6.45) is 1.61. The molecular formula is C13H17ClN2O3. The van der Waals surface area contributed by atoms with Gasteiger partial charge in [0.2, 0.25) is 0 Å². The van der Waals surface area contributed by atoms with E-state index >= 15 is 0 Å². The maximum atomic E-state index is 11.7. The van der Waals surface area contributed by atoms with Crippen LogP contribution in [0.25, 0.3) is 0 Å². The van der Waals surface area contributed by atoms with E-state index in [9.17, 15) is 4.79 Å². The van der Waals surface area contributed by atoms with Gasteiger partial charge in [-0.2, -0.15) is 0 Å². The highest BCUT2D eigenvalue weighted by Gasteiger charge is 2.11. The Kier molecular flexibility index (Phi) is 5.51. The summed E-state index contributed by atoms with van der Waals surface area (Å²) in [4.78, 5) is 11.7. The molecular weight excluding hydrogens is 268 g/mol. The van der Waals surface area contributed by atoms with E-state index < -0.39 is 0 Å². The molecule has 0 aliphatic carbocycles. The maximum absolute atomic E-state index is 11.7. The number of ether oxygens (including phenoxy) is 2. The van der Waals surface area contributed by atoms with E-state index in [1.54, 1.807) is 18.3 Å². The van der Waals surface area contributed by atoms with Crippen LogP contribution in [0.15, 0.2) is 23.9 Å². The predicted molar refractivity (Wildman–Crippen MR) is 76.1 cm³/mol. The van der Waals surface area contributed by atoms with Crippen LogP contribution in [0.1, 0.15) is 13.8 Å². The molecule has 1 aromatic rings. The molecule has 0 heterocycles. The van der Waals surface area contributed by atoms with Crippen LogP contribution in [0.3, 0.4) is 0 Å². The second-order valence-electron chi connectivity index (χ2n) is 4.01. The molecule has 19 heavy (non-hydrogen) atoms. The highest BCUT2D eigenvalue weighted by atomic mass is 35.5. The van der Waals surface area contributed by atoms with Crippen molar-refractivity contribution in [2.75, 3.05) is 19.5 Å². The van der Waals surface area contributed by atoms with Crippen molar-refractivity contribution in [1.29, 1.82) is 0 Å². The van der Waals surface area contributed by atoms with Gasteiger partial charge in [0.15, 0.2) is 0 Å². The number of urea groups is 1. The van der Waals surface area contributed by atoms with Gasteiger partial charge in [0, 0.05) is 18.3 Å². The molecule has 0 spiro atoms. The summed E-state index contributed by atoms with van der Waals surface area (Å²) in [5.74, 6) is 0.915. The summed E-state index contributed by atoms with van der Waals surface area (Å²) in [5, 5.41) is 5.66. The minimum Gasteiger partial charge on any atom is -0.495 e. The Morgan fingerprint density at radius 3 is 2.37 bits per heavy atom. The zero-order chi connectivity index (χ0) is 14.4. The molecule has 0 bridgehead atoms. The van der Waals surface area contributed by atoms with Crippen molar-refractivity contribution in [3.05, 3.63) is 28.9 Å². The summed E-state index contributed by atoms with van der Waals surface area (Å²) in [7, 11) is 3.00. The lowest BCUT2D eigenvalue weighted by molar-refractivity contribution is 0.255. The van der Waals surface area contributed by atoms with Crippen molar-refractivity contribution in [3.63, 3.8) is 0 Å². The summed E-state index contributed by atoms with van der Waals surface area (Å²) in [5.41, 5.74) is 1.46. The molecule has 0 fully saturated rings. The molecule has 0 saturated carbocycles. The zero-order valence-corrected chi connectivity index (χ0v) is 12.1. The average Bonchev–Trinajstić information content (AvgIpc) is 2.37. The first-order chi connectivity index (χ1) is 8.97. The third-order valence-corrected chi connectivity index (χ3v) is 2.51. The lowest BCUT2D eigenvalue weighted by Gasteiger charge is -2.13. The molecule has 0 aliphatic heterocycles. The monoisotopic (exact) mass is 284 g/mol. The molecule has 1 aromatic carbocycles. The molecule has 1 rings (SSSR count). The number of hydrogen-bond acceptors (Lipinski definition) is 3. The summed E-state index contributed by atoms with van der Waals surface area (Å²) in [6.45, 7) is 3.76. The van der Waals surface area contributed by atoms with Crippen LogP contribution in [0.5, 0.6) is 11.5 Å². The fourth-order valence-electron chi connectivity index (χ4n) is 1.33. The van der Waals surface area contributed by atoms with Gasteiger partial charge < -0.3 is 20.1 Å². The summed E-state index contributed by atoms with van der Waals surface area (Å²) >= 11 is 5.98. The minimum absolute atomic E-state index is 0.371. The third kappa shape index (κ3) is 4.37. The SMILES string of the molecule is COc1cc(NC(=O)NC=C(C)C)c(OC)cc1Cl. The second kappa shape index (κ2) is 6.89. The number of carbonyl (C=O) groups is 1. The normalized spacial score (nSPS) is 9.53. The Balaban J connectivity index is 2.93. The lowest BCUT2D eigenvalue weighted by atomic mass is 10.2.